The maximum absolute atomic E-state index is 6.36. The Morgan fingerprint density at radius 3 is 1.58 bits per heavy atom. The van der Waals surface area contributed by atoms with Gasteiger partial charge in [-0.15, -0.1) is 0 Å². The van der Waals surface area contributed by atoms with Crippen molar-refractivity contribution in [2.75, 3.05) is 5.73 Å². The van der Waals surface area contributed by atoms with Crippen molar-refractivity contribution >= 4 is 5.69 Å². The fraction of sp³-hybridized carbons (Fsp3) is 0.667. The topological polar surface area (TPSA) is 26.0 Å². The van der Waals surface area contributed by atoms with Crippen molar-refractivity contribution in [1.82, 2.24) is 0 Å². The Balaban J connectivity index is 2.92. The number of aryl methyl sites for hydroxylation is 3. The number of rotatable bonds is 9. The Kier molecular flexibility index (Phi) is 7.62. The van der Waals surface area contributed by atoms with Crippen LogP contribution in [0.4, 0.5) is 5.69 Å². The third kappa shape index (κ3) is 5.26. The third-order valence-corrected chi connectivity index (χ3v) is 3.83. The summed E-state index contributed by atoms with van der Waals surface area (Å²) in [4.78, 5) is 0. The Morgan fingerprint density at radius 2 is 1.16 bits per heavy atom. The third-order valence-electron chi connectivity index (χ3n) is 3.83. The van der Waals surface area contributed by atoms with E-state index in [-0.39, 0.29) is 0 Å². The van der Waals surface area contributed by atoms with Crippen molar-refractivity contribution in [2.24, 2.45) is 0 Å². The Hall–Kier alpha value is -0.980. The molecule has 0 aliphatic heterocycles. The molecule has 19 heavy (non-hydrogen) atoms. The van der Waals surface area contributed by atoms with Crippen LogP contribution in [0, 0.1) is 0 Å². The number of hydrogen-bond donors (Lipinski definition) is 1. The zero-order chi connectivity index (χ0) is 14.1. The highest BCUT2D eigenvalue weighted by Gasteiger charge is 2.08. The van der Waals surface area contributed by atoms with Crippen molar-refractivity contribution in [3.05, 3.63) is 28.8 Å². The first-order valence-electron chi connectivity index (χ1n) is 8.13. The van der Waals surface area contributed by atoms with E-state index in [1.165, 1.54) is 61.6 Å². The molecule has 0 atom stereocenters. The van der Waals surface area contributed by atoms with Crippen LogP contribution >= 0.6 is 0 Å². The molecule has 1 aromatic carbocycles. The summed E-state index contributed by atoms with van der Waals surface area (Å²) in [5, 5.41) is 0. The molecule has 1 heteroatoms. The number of hydrogen-bond acceptors (Lipinski definition) is 1. The van der Waals surface area contributed by atoms with Gasteiger partial charge in [0.1, 0.15) is 0 Å². The Labute approximate surface area is 119 Å². The molecule has 0 saturated carbocycles. The van der Waals surface area contributed by atoms with E-state index >= 15 is 0 Å². The van der Waals surface area contributed by atoms with Gasteiger partial charge >= 0.3 is 0 Å². The summed E-state index contributed by atoms with van der Waals surface area (Å²) in [6.07, 6.45) is 11.0. The first kappa shape index (κ1) is 16.1. The van der Waals surface area contributed by atoms with Crippen LogP contribution in [0.2, 0.25) is 0 Å². The van der Waals surface area contributed by atoms with E-state index < -0.39 is 0 Å². The van der Waals surface area contributed by atoms with Gasteiger partial charge in [0.2, 0.25) is 0 Å². The van der Waals surface area contributed by atoms with Crippen LogP contribution in [-0.4, -0.2) is 0 Å². The number of anilines is 1. The molecule has 0 fully saturated rings. The van der Waals surface area contributed by atoms with Gasteiger partial charge in [-0.3, -0.25) is 0 Å². The van der Waals surface area contributed by atoms with Crippen LogP contribution in [-0.2, 0) is 19.3 Å². The summed E-state index contributed by atoms with van der Waals surface area (Å²) in [6, 6.07) is 4.71. The van der Waals surface area contributed by atoms with Gasteiger partial charge in [-0.25, -0.2) is 0 Å². The van der Waals surface area contributed by atoms with Gasteiger partial charge in [0.15, 0.2) is 0 Å². The molecule has 0 amide bonds. The Bertz CT molecular complexity index is 339. The molecule has 0 aliphatic carbocycles. The van der Waals surface area contributed by atoms with Crippen LogP contribution in [0.3, 0.4) is 0 Å². The fourth-order valence-electron chi connectivity index (χ4n) is 2.52. The van der Waals surface area contributed by atoms with Crippen LogP contribution in [0.1, 0.15) is 76.0 Å². The lowest BCUT2D eigenvalue weighted by molar-refractivity contribution is 0.768. The van der Waals surface area contributed by atoms with Gasteiger partial charge < -0.3 is 5.73 Å². The van der Waals surface area contributed by atoms with E-state index in [4.69, 9.17) is 5.73 Å². The molecule has 0 spiro atoms. The SMILES string of the molecule is CCCCc1cc(CCCC)c(N)c(CCCC)c1. The maximum atomic E-state index is 6.36. The lowest BCUT2D eigenvalue weighted by atomic mass is 9.94. The number of nitrogens with two attached hydrogens (primary N) is 1. The van der Waals surface area contributed by atoms with Crippen LogP contribution < -0.4 is 5.73 Å². The van der Waals surface area contributed by atoms with Gasteiger partial charge in [-0.2, -0.15) is 0 Å². The molecule has 108 valence electrons. The highest BCUT2D eigenvalue weighted by molar-refractivity contribution is 5.56. The molecular formula is C18H31N. The summed E-state index contributed by atoms with van der Waals surface area (Å²) >= 11 is 0. The molecule has 2 N–H and O–H groups in total. The van der Waals surface area contributed by atoms with Gasteiger partial charge in [0.05, 0.1) is 0 Å². The van der Waals surface area contributed by atoms with Gasteiger partial charge in [-0.1, -0.05) is 52.2 Å². The predicted molar refractivity (Wildman–Crippen MR) is 86.7 cm³/mol. The second kappa shape index (κ2) is 9.01. The van der Waals surface area contributed by atoms with E-state index in [0.29, 0.717) is 0 Å². The zero-order valence-electron chi connectivity index (χ0n) is 13.1. The second-order valence-electron chi connectivity index (χ2n) is 5.64. The quantitative estimate of drug-likeness (QED) is 0.600. The minimum atomic E-state index is 1.07. The van der Waals surface area contributed by atoms with E-state index in [1.54, 1.807) is 0 Å². The fourth-order valence-corrected chi connectivity index (χ4v) is 2.52. The highest BCUT2D eigenvalue weighted by Crippen LogP contribution is 2.25. The molecule has 1 aromatic rings. The normalized spacial score (nSPS) is 10.9. The summed E-state index contributed by atoms with van der Waals surface area (Å²) in [7, 11) is 0. The predicted octanol–water partition coefficient (Wildman–Crippen LogP) is 5.30. The lowest BCUT2D eigenvalue weighted by Gasteiger charge is -2.14. The first-order valence-corrected chi connectivity index (χ1v) is 8.13. The van der Waals surface area contributed by atoms with E-state index in [9.17, 15) is 0 Å². The van der Waals surface area contributed by atoms with Crippen LogP contribution in [0.25, 0.3) is 0 Å². The summed E-state index contributed by atoms with van der Waals surface area (Å²) in [6.45, 7) is 6.75. The average molecular weight is 261 g/mol. The van der Waals surface area contributed by atoms with Crippen molar-refractivity contribution in [3.8, 4) is 0 Å². The lowest BCUT2D eigenvalue weighted by Crippen LogP contribution is -2.03. The molecule has 0 bridgehead atoms. The standard InChI is InChI=1S/C18H31N/c1-4-7-10-15-13-16(11-8-5-2)18(19)17(14-15)12-9-6-3/h13-14H,4-12,19H2,1-3H3. The minimum Gasteiger partial charge on any atom is -0.398 e. The molecule has 0 radical (unpaired) electrons. The molecule has 0 heterocycles. The monoisotopic (exact) mass is 261 g/mol. The van der Waals surface area contributed by atoms with Crippen molar-refractivity contribution in [2.45, 2.75) is 78.6 Å². The van der Waals surface area contributed by atoms with E-state index in [2.05, 4.69) is 32.9 Å². The molecule has 0 aromatic heterocycles. The molecule has 1 nitrogen and oxygen atoms in total. The smallest absolute Gasteiger partial charge is 0.0379 e. The van der Waals surface area contributed by atoms with Gasteiger partial charge in [-0.05, 0) is 55.2 Å². The molecule has 0 aliphatic rings. The highest BCUT2D eigenvalue weighted by atomic mass is 14.6. The summed E-state index contributed by atoms with van der Waals surface area (Å²) < 4.78 is 0. The van der Waals surface area contributed by atoms with Gasteiger partial charge in [0, 0.05) is 5.69 Å². The summed E-state index contributed by atoms with van der Waals surface area (Å²) in [5.41, 5.74) is 11.7. The molecule has 0 unspecified atom stereocenters. The summed E-state index contributed by atoms with van der Waals surface area (Å²) in [5.74, 6) is 0. The average Bonchev–Trinajstić information content (AvgIpc) is 2.43. The molecule has 1 rings (SSSR count). The molecule has 0 saturated heterocycles. The second-order valence-corrected chi connectivity index (χ2v) is 5.64. The zero-order valence-corrected chi connectivity index (χ0v) is 13.1. The minimum absolute atomic E-state index is 1.07. The number of unbranched alkanes of at least 4 members (excludes halogenated alkanes) is 3. The first-order chi connectivity index (χ1) is 9.22. The largest absolute Gasteiger partial charge is 0.398 e. The van der Waals surface area contributed by atoms with Gasteiger partial charge in [0.25, 0.3) is 0 Å². The number of nitrogen functional groups attached to an aromatic ring is 1. The van der Waals surface area contributed by atoms with Crippen LogP contribution in [0.15, 0.2) is 12.1 Å². The van der Waals surface area contributed by atoms with Crippen molar-refractivity contribution in [1.29, 1.82) is 0 Å². The maximum Gasteiger partial charge on any atom is 0.0379 e. The van der Waals surface area contributed by atoms with E-state index in [0.717, 1.165) is 18.5 Å². The number of benzene rings is 1. The Morgan fingerprint density at radius 1 is 0.737 bits per heavy atom. The molecular weight excluding hydrogens is 230 g/mol. The van der Waals surface area contributed by atoms with E-state index in [1.807, 2.05) is 0 Å². The van der Waals surface area contributed by atoms with Crippen molar-refractivity contribution < 1.29 is 0 Å². The van der Waals surface area contributed by atoms with Crippen LogP contribution in [0.5, 0.6) is 0 Å². The van der Waals surface area contributed by atoms with Crippen molar-refractivity contribution in [3.63, 3.8) is 0 Å².